The van der Waals surface area contributed by atoms with E-state index in [-0.39, 0.29) is 6.61 Å². The lowest BCUT2D eigenvalue weighted by molar-refractivity contribution is 0.282. The second kappa shape index (κ2) is 8.66. The summed E-state index contributed by atoms with van der Waals surface area (Å²) in [5.74, 6) is 3.03. The third kappa shape index (κ3) is 4.94. The van der Waals surface area contributed by atoms with Crippen molar-refractivity contribution in [2.24, 2.45) is 0 Å². The van der Waals surface area contributed by atoms with Crippen molar-refractivity contribution in [3.05, 3.63) is 83.0 Å². The van der Waals surface area contributed by atoms with Crippen LogP contribution in [0.4, 0.5) is 0 Å². The molecular formula is C19H20N2O2S. The maximum Gasteiger partial charge on any atom is 0.236 e. The van der Waals surface area contributed by atoms with Crippen molar-refractivity contribution < 1.29 is 9.63 Å². The van der Waals surface area contributed by atoms with Crippen LogP contribution in [-0.4, -0.2) is 15.2 Å². The van der Waals surface area contributed by atoms with E-state index in [2.05, 4.69) is 22.3 Å². The summed E-state index contributed by atoms with van der Waals surface area (Å²) < 4.78 is 5.31. The van der Waals surface area contributed by atoms with Crippen molar-refractivity contribution in [2.75, 3.05) is 0 Å². The molecule has 24 heavy (non-hydrogen) atoms. The molecule has 1 N–H and O–H groups in total. The summed E-state index contributed by atoms with van der Waals surface area (Å²) in [5.41, 5.74) is 3.44. The fraction of sp³-hybridized carbons (Fsp3) is 0.263. The fourth-order valence-electron chi connectivity index (χ4n) is 2.35. The summed E-state index contributed by atoms with van der Waals surface area (Å²) in [6.45, 7) is 0.0845. The summed E-state index contributed by atoms with van der Waals surface area (Å²) in [6, 6.07) is 18.3. The minimum atomic E-state index is 0.0845. The van der Waals surface area contributed by atoms with Crippen LogP contribution in [0.15, 0.2) is 59.1 Å². The molecule has 0 bridgehead atoms. The third-order valence-corrected chi connectivity index (χ3v) is 4.68. The van der Waals surface area contributed by atoms with Gasteiger partial charge in [0.2, 0.25) is 5.89 Å². The van der Waals surface area contributed by atoms with Gasteiger partial charge in [-0.3, -0.25) is 0 Å². The van der Waals surface area contributed by atoms with E-state index in [9.17, 15) is 0 Å². The summed E-state index contributed by atoms with van der Waals surface area (Å²) in [5, 5.41) is 13.1. The van der Waals surface area contributed by atoms with E-state index in [0.717, 1.165) is 30.0 Å². The highest BCUT2D eigenvalue weighted by Crippen LogP contribution is 2.17. The van der Waals surface area contributed by atoms with E-state index >= 15 is 0 Å². The average molecular weight is 340 g/mol. The molecule has 4 nitrogen and oxygen atoms in total. The van der Waals surface area contributed by atoms with Gasteiger partial charge in [0.05, 0.1) is 12.4 Å². The number of aliphatic hydroxyl groups is 1. The first-order valence-corrected chi connectivity index (χ1v) is 9.11. The highest BCUT2D eigenvalue weighted by Gasteiger charge is 2.07. The maximum atomic E-state index is 9.04. The SMILES string of the molecule is OCc1ccc(CSCc2nc(CCc3ccccc3)no2)cc1. The summed E-state index contributed by atoms with van der Waals surface area (Å²) >= 11 is 1.74. The Kier molecular flexibility index (Phi) is 6.04. The molecule has 3 aromatic rings. The maximum absolute atomic E-state index is 9.04. The number of aryl methyl sites for hydroxylation is 2. The van der Waals surface area contributed by atoms with Gasteiger partial charge in [0, 0.05) is 12.2 Å². The van der Waals surface area contributed by atoms with Gasteiger partial charge in [-0.25, -0.2) is 0 Å². The topological polar surface area (TPSA) is 59.2 Å². The van der Waals surface area contributed by atoms with E-state index in [1.165, 1.54) is 11.1 Å². The molecule has 2 aromatic carbocycles. The zero-order chi connectivity index (χ0) is 16.6. The van der Waals surface area contributed by atoms with Gasteiger partial charge in [-0.1, -0.05) is 59.8 Å². The predicted octanol–water partition coefficient (Wildman–Crippen LogP) is 3.78. The zero-order valence-electron chi connectivity index (χ0n) is 13.4. The first-order valence-electron chi connectivity index (χ1n) is 7.95. The van der Waals surface area contributed by atoms with Gasteiger partial charge in [0.15, 0.2) is 5.82 Å². The number of benzene rings is 2. The van der Waals surface area contributed by atoms with Crippen molar-refractivity contribution in [3.8, 4) is 0 Å². The molecule has 0 saturated carbocycles. The Balaban J connectivity index is 1.43. The van der Waals surface area contributed by atoms with E-state index < -0.39 is 0 Å². The molecule has 0 aliphatic rings. The smallest absolute Gasteiger partial charge is 0.236 e. The highest BCUT2D eigenvalue weighted by molar-refractivity contribution is 7.97. The molecule has 0 saturated heterocycles. The molecule has 0 aliphatic heterocycles. The van der Waals surface area contributed by atoms with Crippen molar-refractivity contribution in [1.82, 2.24) is 10.1 Å². The second-order valence-electron chi connectivity index (χ2n) is 5.56. The molecule has 0 radical (unpaired) electrons. The minimum absolute atomic E-state index is 0.0845. The summed E-state index contributed by atoms with van der Waals surface area (Å²) in [7, 11) is 0. The molecule has 5 heteroatoms. The Bertz CT molecular complexity index is 742. The first-order chi connectivity index (χ1) is 11.8. The van der Waals surface area contributed by atoms with Gasteiger partial charge in [-0.05, 0) is 23.1 Å². The van der Waals surface area contributed by atoms with Crippen LogP contribution in [0.25, 0.3) is 0 Å². The average Bonchev–Trinajstić information content (AvgIpc) is 3.09. The molecule has 1 heterocycles. The van der Waals surface area contributed by atoms with Gasteiger partial charge in [-0.15, -0.1) is 11.8 Å². The molecule has 1 aromatic heterocycles. The molecular weight excluding hydrogens is 320 g/mol. The summed E-state index contributed by atoms with van der Waals surface area (Å²) in [6.07, 6.45) is 1.71. The molecule has 0 aliphatic carbocycles. The van der Waals surface area contributed by atoms with E-state index in [1.54, 1.807) is 11.8 Å². The van der Waals surface area contributed by atoms with E-state index in [0.29, 0.717) is 11.6 Å². The first kappa shape index (κ1) is 16.7. The van der Waals surface area contributed by atoms with Crippen molar-refractivity contribution >= 4 is 11.8 Å². The number of rotatable bonds is 8. The number of hydrogen-bond donors (Lipinski definition) is 1. The van der Waals surface area contributed by atoms with Crippen LogP contribution in [0, 0.1) is 0 Å². The Morgan fingerprint density at radius 2 is 1.58 bits per heavy atom. The number of aliphatic hydroxyl groups excluding tert-OH is 1. The van der Waals surface area contributed by atoms with Crippen LogP contribution in [0.5, 0.6) is 0 Å². The standard InChI is InChI=1S/C19H20N2O2S/c22-12-16-6-8-17(9-7-16)13-24-14-19-20-18(21-23-19)11-10-15-4-2-1-3-5-15/h1-9,22H,10-14H2. The lowest BCUT2D eigenvalue weighted by Crippen LogP contribution is -1.93. The second-order valence-corrected chi connectivity index (χ2v) is 6.54. The van der Waals surface area contributed by atoms with Crippen molar-refractivity contribution in [3.63, 3.8) is 0 Å². The van der Waals surface area contributed by atoms with Crippen LogP contribution in [0.1, 0.15) is 28.4 Å². The minimum Gasteiger partial charge on any atom is -0.392 e. The number of hydrogen-bond acceptors (Lipinski definition) is 5. The van der Waals surface area contributed by atoms with Gasteiger partial charge in [-0.2, -0.15) is 4.98 Å². The number of aromatic nitrogens is 2. The zero-order valence-corrected chi connectivity index (χ0v) is 14.2. The molecule has 124 valence electrons. The van der Waals surface area contributed by atoms with Gasteiger partial charge in [0.1, 0.15) is 0 Å². The Hall–Kier alpha value is -2.11. The van der Waals surface area contributed by atoms with E-state index in [1.807, 2.05) is 42.5 Å². The van der Waals surface area contributed by atoms with Crippen molar-refractivity contribution in [2.45, 2.75) is 31.0 Å². The monoisotopic (exact) mass is 340 g/mol. The Labute approximate surface area is 145 Å². The quantitative estimate of drug-likeness (QED) is 0.676. The molecule has 0 fully saturated rings. The van der Waals surface area contributed by atoms with Crippen molar-refractivity contribution in [1.29, 1.82) is 0 Å². The largest absolute Gasteiger partial charge is 0.392 e. The lowest BCUT2D eigenvalue weighted by atomic mass is 10.1. The van der Waals surface area contributed by atoms with Gasteiger partial charge < -0.3 is 9.63 Å². The van der Waals surface area contributed by atoms with Crippen LogP contribution in [-0.2, 0) is 31.0 Å². The highest BCUT2D eigenvalue weighted by atomic mass is 32.2. The Morgan fingerprint density at radius 1 is 0.833 bits per heavy atom. The van der Waals surface area contributed by atoms with Gasteiger partial charge in [0.25, 0.3) is 0 Å². The normalized spacial score (nSPS) is 10.9. The van der Waals surface area contributed by atoms with Crippen LogP contribution >= 0.6 is 11.8 Å². The van der Waals surface area contributed by atoms with E-state index in [4.69, 9.17) is 9.63 Å². The lowest BCUT2D eigenvalue weighted by Gasteiger charge is -2.01. The number of thioether (sulfide) groups is 1. The van der Waals surface area contributed by atoms with Crippen LogP contribution in [0.3, 0.4) is 0 Å². The third-order valence-electron chi connectivity index (χ3n) is 3.69. The molecule has 0 amide bonds. The van der Waals surface area contributed by atoms with Gasteiger partial charge >= 0.3 is 0 Å². The van der Waals surface area contributed by atoms with Crippen LogP contribution < -0.4 is 0 Å². The summed E-state index contributed by atoms with van der Waals surface area (Å²) in [4.78, 5) is 4.45. The molecule has 0 atom stereocenters. The Morgan fingerprint density at radius 3 is 2.33 bits per heavy atom. The number of nitrogens with zero attached hydrogens (tertiary/aromatic N) is 2. The predicted molar refractivity (Wildman–Crippen MR) is 95.5 cm³/mol. The molecule has 0 unspecified atom stereocenters. The fourth-order valence-corrected chi connectivity index (χ4v) is 3.17. The molecule has 0 spiro atoms. The van der Waals surface area contributed by atoms with Crippen LogP contribution in [0.2, 0.25) is 0 Å². The molecule has 3 rings (SSSR count).